The number of hydrogen-bond acceptors (Lipinski definition) is 4. The Labute approximate surface area is 105 Å². The van der Waals surface area contributed by atoms with Gasteiger partial charge in [0.1, 0.15) is 6.04 Å². The summed E-state index contributed by atoms with van der Waals surface area (Å²) in [4.78, 5) is 23.8. The van der Waals surface area contributed by atoms with Gasteiger partial charge in [0.15, 0.2) is 5.11 Å². The molecule has 0 bridgehead atoms. The maximum absolute atomic E-state index is 11.9. The zero-order chi connectivity index (χ0) is 12.8. The molecule has 1 amide bonds. The first kappa shape index (κ1) is 13.9. The van der Waals surface area contributed by atoms with Crippen molar-refractivity contribution >= 4 is 29.2 Å². The van der Waals surface area contributed by atoms with Gasteiger partial charge in [-0.15, -0.1) is 0 Å². The number of ether oxygens (including phenoxy) is 1. The highest BCUT2D eigenvalue weighted by Crippen LogP contribution is 2.11. The largest absolute Gasteiger partial charge is 0.481 e. The smallest absolute Gasteiger partial charge is 0.303 e. The van der Waals surface area contributed by atoms with Crippen LogP contribution >= 0.6 is 12.2 Å². The van der Waals surface area contributed by atoms with Gasteiger partial charge in [-0.1, -0.05) is 0 Å². The molecule has 1 heterocycles. The van der Waals surface area contributed by atoms with Gasteiger partial charge in [0, 0.05) is 26.7 Å². The fourth-order valence-electron chi connectivity index (χ4n) is 1.62. The van der Waals surface area contributed by atoms with Gasteiger partial charge in [-0.25, -0.2) is 0 Å². The summed E-state index contributed by atoms with van der Waals surface area (Å²) in [6.07, 6.45) is 0.919. The van der Waals surface area contributed by atoms with Crippen molar-refractivity contribution in [3.63, 3.8) is 0 Å². The molecule has 1 atom stereocenters. The first-order chi connectivity index (χ1) is 8.06. The highest BCUT2D eigenvalue weighted by Gasteiger charge is 2.34. The number of carbonyl (C=O) groups is 2. The van der Waals surface area contributed by atoms with E-state index in [2.05, 4.69) is 5.32 Å². The fourth-order valence-corrected chi connectivity index (χ4v) is 1.94. The number of amides is 1. The molecule has 0 aliphatic carbocycles. The highest BCUT2D eigenvalue weighted by molar-refractivity contribution is 7.80. The lowest BCUT2D eigenvalue weighted by atomic mass is 10.1. The second-order valence-corrected chi connectivity index (χ2v) is 4.16. The normalized spacial score (nSPS) is 19.6. The summed E-state index contributed by atoms with van der Waals surface area (Å²) in [5.41, 5.74) is 0. The Balaban J connectivity index is 2.44. The number of nitrogens with zero attached hydrogens (tertiary/aromatic N) is 1. The van der Waals surface area contributed by atoms with Gasteiger partial charge >= 0.3 is 5.97 Å². The van der Waals surface area contributed by atoms with Crippen LogP contribution in [0.4, 0.5) is 0 Å². The molecule has 0 radical (unpaired) electrons. The van der Waals surface area contributed by atoms with Crippen LogP contribution in [0.3, 0.4) is 0 Å². The van der Waals surface area contributed by atoms with Gasteiger partial charge in [0.05, 0.1) is 0 Å². The molecule has 0 aromatic heterocycles. The summed E-state index contributed by atoms with van der Waals surface area (Å²) in [5.74, 6) is -1.06. The highest BCUT2D eigenvalue weighted by atomic mass is 32.1. The number of nitrogens with one attached hydrogen (secondary N) is 1. The van der Waals surface area contributed by atoms with Crippen molar-refractivity contribution in [3.8, 4) is 0 Å². The lowest BCUT2D eigenvalue weighted by Crippen LogP contribution is -2.32. The van der Waals surface area contributed by atoms with Crippen LogP contribution in [0.15, 0.2) is 0 Å². The van der Waals surface area contributed by atoms with Gasteiger partial charge in [0.25, 0.3) is 5.91 Å². The molecule has 0 saturated carbocycles. The Bertz CT molecular complexity index is 321. The van der Waals surface area contributed by atoms with E-state index >= 15 is 0 Å². The van der Waals surface area contributed by atoms with E-state index in [4.69, 9.17) is 22.1 Å². The molecule has 1 fully saturated rings. The van der Waals surface area contributed by atoms with Crippen molar-refractivity contribution in [2.24, 2.45) is 0 Å². The maximum Gasteiger partial charge on any atom is 0.303 e. The molecular formula is C10H16N2O4S. The first-order valence-corrected chi connectivity index (χ1v) is 5.79. The van der Waals surface area contributed by atoms with Gasteiger partial charge in [-0.3, -0.25) is 14.5 Å². The van der Waals surface area contributed by atoms with E-state index in [0.29, 0.717) is 24.7 Å². The molecule has 1 aliphatic rings. The standard InChI is InChI=1S/C10H16N2O4S/c1-16-6-2-5-12-9(15)7(11-10(12)17)3-4-8(13)14/h7H,2-6H2,1H3,(H,11,17)(H,13,14)/t7-/m1/s1. The topological polar surface area (TPSA) is 78.9 Å². The predicted octanol–water partition coefficient (Wildman–Crippen LogP) is -0.0270. The van der Waals surface area contributed by atoms with Gasteiger partial charge in [-0.2, -0.15) is 0 Å². The minimum Gasteiger partial charge on any atom is -0.481 e. The molecule has 1 rings (SSSR count). The van der Waals surface area contributed by atoms with Crippen molar-refractivity contribution < 1.29 is 19.4 Å². The van der Waals surface area contributed by atoms with Crippen LogP contribution in [-0.4, -0.2) is 53.3 Å². The lowest BCUT2D eigenvalue weighted by Gasteiger charge is -2.14. The molecule has 0 spiro atoms. The molecule has 7 heteroatoms. The first-order valence-electron chi connectivity index (χ1n) is 5.39. The molecule has 96 valence electrons. The summed E-state index contributed by atoms with van der Waals surface area (Å²) in [5, 5.41) is 11.8. The number of hydrogen-bond donors (Lipinski definition) is 2. The minimum absolute atomic E-state index is 0.0437. The van der Waals surface area contributed by atoms with Crippen LogP contribution in [0.25, 0.3) is 0 Å². The van der Waals surface area contributed by atoms with E-state index in [1.807, 2.05) is 0 Å². The molecule has 17 heavy (non-hydrogen) atoms. The number of thiocarbonyl (C=S) groups is 1. The molecule has 0 aromatic rings. The van der Waals surface area contributed by atoms with E-state index in [0.717, 1.165) is 0 Å². The summed E-state index contributed by atoms with van der Waals surface area (Å²) in [7, 11) is 1.60. The van der Waals surface area contributed by atoms with Crippen molar-refractivity contribution in [2.75, 3.05) is 20.3 Å². The molecule has 1 saturated heterocycles. The van der Waals surface area contributed by atoms with E-state index in [-0.39, 0.29) is 18.7 Å². The second-order valence-electron chi connectivity index (χ2n) is 3.77. The van der Waals surface area contributed by atoms with Crippen molar-refractivity contribution in [1.82, 2.24) is 10.2 Å². The second kappa shape index (κ2) is 6.51. The van der Waals surface area contributed by atoms with Crippen molar-refractivity contribution in [2.45, 2.75) is 25.3 Å². The number of carboxylic acid groups (broad SMARTS) is 1. The van der Waals surface area contributed by atoms with Crippen molar-refractivity contribution in [3.05, 3.63) is 0 Å². The molecule has 1 aliphatic heterocycles. The average molecular weight is 260 g/mol. The lowest BCUT2D eigenvalue weighted by molar-refractivity contribution is -0.137. The number of carbonyl (C=O) groups excluding carboxylic acids is 1. The third-order valence-corrected chi connectivity index (χ3v) is 2.82. The average Bonchev–Trinajstić information content (AvgIpc) is 2.53. The van der Waals surface area contributed by atoms with Gasteiger partial charge in [-0.05, 0) is 25.1 Å². The SMILES string of the molecule is COCCCN1C(=O)[C@@H](CCC(=O)O)NC1=S. The van der Waals surface area contributed by atoms with Crippen molar-refractivity contribution in [1.29, 1.82) is 0 Å². The molecule has 0 aromatic carbocycles. The molecule has 6 nitrogen and oxygen atoms in total. The Morgan fingerprint density at radius 1 is 1.65 bits per heavy atom. The quantitative estimate of drug-likeness (QED) is 0.494. The summed E-state index contributed by atoms with van der Waals surface area (Å²) < 4.78 is 4.90. The molecule has 0 unspecified atom stereocenters. The van der Waals surface area contributed by atoms with E-state index < -0.39 is 12.0 Å². The van der Waals surface area contributed by atoms with Crippen LogP contribution < -0.4 is 5.32 Å². The third kappa shape index (κ3) is 3.94. The third-order valence-electron chi connectivity index (χ3n) is 2.48. The van der Waals surface area contributed by atoms with Crippen LogP contribution in [0.2, 0.25) is 0 Å². The Kier molecular flexibility index (Phi) is 5.30. The number of methoxy groups -OCH3 is 1. The number of carboxylic acids is 1. The Morgan fingerprint density at radius 2 is 2.35 bits per heavy atom. The van der Waals surface area contributed by atoms with E-state index in [1.165, 1.54) is 4.90 Å². The van der Waals surface area contributed by atoms with Crippen LogP contribution in [-0.2, 0) is 14.3 Å². The summed E-state index contributed by atoms with van der Waals surface area (Å²) in [6.45, 7) is 1.06. The molecule has 2 N–H and O–H groups in total. The summed E-state index contributed by atoms with van der Waals surface area (Å²) in [6, 6.07) is -0.499. The van der Waals surface area contributed by atoms with Gasteiger partial charge < -0.3 is 15.2 Å². The predicted molar refractivity (Wildman–Crippen MR) is 64.6 cm³/mol. The Hall–Kier alpha value is -1.21. The van der Waals surface area contributed by atoms with Crippen LogP contribution in [0, 0.1) is 0 Å². The number of rotatable bonds is 7. The van der Waals surface area contributed by atoms with Crippen LogP contribution in [0.1, 0.15) is 19.3 Å². The summed E-state index contributed by atoms with van der Waals surface area (Å²) >= 11 is 5.03. The fraction of sp³-hybridized carbons (Fsp3) is 0.700. The maximum atomic E-state index is 11.9. The zero-order valence-corrected chi connectivity index (χ0v) is 10.5. The molecular weight excluding hydrogens is 244 g/mol. The van der Waals surface area contributed by atoms with Gasteiger partial charge in [0.2, 0.25) is 0 Å². The minimum atomic E-state index is -0.914. The van der Waals surface area contributed by atoms with E-state index in [1.54, 1.807) is 7.11 Å². The monoisotopic (exact) mass is 260 g/mol. The van der Waals surface area contributed by atoms with E-state index in [9.17, 15) is 9.59 Å². The zero-order valence-electron chi connectivity index (χ0n) is 9.64. The number of aliphatic carboxylic acids is 1. The Morgan fingerprint density at radius 3 is 2.94 bits per heavy atom. The van der Waals surface area contributed by atoms with Crippen LogP contribution in [0.5, 0.6) is 0 Å².